The third-order valence-electron chi connectivity index (χ3n) is 3.28. The Balaban J connectivity index is 2.37. The fourth-order valence-electron chi connectivity index (χ4n) is 2.35. The van der Waals surface area contributed by atoms with E-state index >= 15 is 0 Å². The Bertz CT molecular complexity index is 936. The molecule has 0 bridgehead atoms. The highest BCUT2D eigenvalue weighted by molar-refractivity contribution is 5.77. The lowest BCUT2D eigenvalue weighted by atomic mass is 9.99. The van der Waals surface area contributed by atoms with Gasteiger partial charge in [-0.05, 0) is 37.3 Å². The summed E-state index contributed by atoms with van der Waals surface area (Å²) in [6.07, 6.45) is 3.31. The highest BCUT2D eigenvalue weighted by atomic mass is 19.1. The Kier molecular flexibility index (Phi) is 3.31. The van der Waals surface area contributed by atoms with Crippen LogP contribution in [0.2, 0.25) is 0 Å². The van der Waals surface area contributed by atoms with Crippen LogP contribution in [0.15, 0.2) is 47.5 Å². The van der Waals surface area contributed by atoms with E-state index in [1.54, 1.807) is 42.2 Å². The predicted molar refractivity (Wildman–Crippen MR) is 79.0 cm³/mol. The number of rotatable bonds is 2. The molecule has 0 aliphatic carbocycles. The van der Waals surface area contributed by atoms with Crippen LogP contribution in [-0.4, -0.2) is 14.8 Å². The molecule has 0 unspecified atom stereocenters. The monoisotopic (exact) mass is 294 g/mol. The van der Waals surface area contributed by atoms with E-state index in [4.69, 9.17) is 0 Å². The molecule has 0 spiro atoms. The number of nitriles is 1. The van der Waals surface area contributed by atoms with Gasteiger partial charge in [0.05, 0.1) is 5.69 Å². The van der Waals surface area contributed by atoms with Crippen molar-refractivity contribution in [3.05, 3.63) is 70.2 Å². The molecule has 0 saturated carbocycles. The van der Waals surface area contributed by atoms with Crippen molar-refractivity contribution in [2.24, 2.45) is 0 Å². The van der Waals surface area contributed by atoms with Gasteiger partial charge in [0.25, 0.3) is 5.56 Å². The number of aryl methyl sites for hydroxylation is 1. The van der Waals surface area contributed by atoms with E-state index in [0.717, 1.165) is 0 Å². The molecule has 0 aliphatic heterocycles. The van der Waals surface area contributed by atoms with E-state index in [-0.39, 0.29) is 5.56 Å². The third kappa shape index (κ3) is 2.29. The zero-order valence-electron chi connectivity index (χ0n) is 11.7. The van der Waals surface area contributed by atoms with Crippen molar-refractivity contribution in [1.29, 1.82) is 5.26 Å². The highest BCUT2D eigenvalue weighted by Crippen LogP contribution is 2.29. The molecule has 108 valence electrons. The van der Waals surface area contributed by atoms with Gasteiger partial charge >= 0.3 is 0 Å². The molecule has 22 heavy (non-hydrogen) atoms. The Labute approximate surface area is 125 Å². The smallest absolute Gasteiger partial charge is 0.266 e. The first-order valence-electron chi connectivity index (χ1n) is 6.54. The normalized spacial score (nSPS) is 10.4. The Morgan fingerprint density at radius 3 is 2.82 bits per heavy atom. The summed E-state index contributed by atoms with van der Waals surface area (Å²) in [5, 5.41) is 13.4. The van der Waals surface area contributed by atoms with Gasteiger partial charge in [-0.3, -0.25) is 4.79 Å². The van der Waals surface area contributed by atoms with E-state index in [2.05, 4.69) is 10.1 Å². The second kappa shape index (κ2) is 5.30. The van der Waals surface area contributed by atoms with Crippen molar-refractivity contribution < 1.29 is 4.39 Å². The minimum atomic E-state index is -0.492. The van der Waals surface area contributed by atoms with Crippen LogP contribution in [0.1, 0.15) is 11.3 Å². The summed E-state index contributed by atoms with van der Waals surface area (Å²) in [4.78, 5) is 14.5. The number of benzene rings is 1. The maximum Gasteiger partial charge on any atom is 0.266 e. The van der Waals surface area contributed by atoms with Gasteiger partial charge in [-0.15, -0.1) is 0 Å². The van der Waals surface area contributed by atoms with Gasteiger partial charge in [-0.25, -0.2) is 9.07 Å². The van der Waals surface area contributed by atoms with Crippen molar-refractivity contribution in [3.63, 3.8) is 0 Å². The minimum Gasteiger partial charge on any atom is -0.325 e. The summed E-state index contributed by atoms with van der Waals surface area (Å²) in [6, 6.07) is 9.45. The topological polar surface area (TPSA) is 74.5 Å². The molecule has 2 heterocycles. The molecule has 3 rings (SSSR count). The number of aromatic nitrogens is 3. The van der Waals surface area contributed by atoms with Crippen LogP contribution in [0.4, 0.5) is 4.39 Å². The van der Waals surface area contributed by atoms with Gasteiger partial charge < -0.3 is 4.98 Å². The van der Waals surface area contributed by atoms with E-state index in [0.29, 0.717) is 22.5 Å². The van der Waals surface area contributed by atoms with Gasteiger partial charge in [0, 0.05) is 29.2 Å². The predicted octanol–water partition coefficient (Wildman–Crippen LogP) is 2.55. The van der Waals surface area contributed by atoms with Crippen LogP contribution in [-0.2, 0) is 0 Å². The van der Waals surface area contributed by atoms with Crippen molar-refractivity contribution in [3.8, 4) is 22.9 Å². The maximum absolute atomic E-state index is 13.7. The molecule has 1 aromatic carbocycles. The number of nitrogens with zero attached hydrogens (tertiary/aromatic N) is 3. The number of halogens is 1. The zero-order valence-corrected chi connectivity index (χ0v) is 11.7. The average molecular weight is 294 g/mol. The van der Waals surface area contributed by atoms with Gasteiger partial charge in [0.15, 0.2) is 0 Å². The fraction of sp³-hybridized carbons (Fsp3) is 0.0625. The van der Waals surface area contributed by atoms with E-state index in [1.807, 2.05) is 6.07 Å². The lowest BCUT2D eigenvalue weighted by Crippen LogP contribution is -2.13. The van der Waals surface area contributed by atoms with Crippen molar-refractivity contribution in [2.45, 2.75) is 6.92 Å². The van der Waals surface area contributed by atoms with Crippen LogP contribution in [0, 0.1) is 24.1 Å². The molecular formula is C16H11FN4O. The van der Waals surface area contributed by atoms with Gasteiger partial charge in [-0.2, -0.15) is 10.4 Å². The maximum atomic E-state index is 13.7. The molecule has 0 fully saturated rings. The van der Waals surface area contributed by atoms with Crippen LogP contribution in [0.5, 0.6) is 0 Å². The van der Waals surface area contributed by atoms with Crippen molar-refractivity contribution in [2.75, 3.05) is 0 Å². The van der Waals surface area contributed by atoms with Gasteiger partial charge in [0.1, 0.15) is 17.4 Å². The molecule has 0 atom stereocenters. The molecule has 6 heteroatoms. The van der Waals surface area contributed by atoms with Crippen LogP contribution >= 0.6 is 0 Å². The number of hydrogen-bond donors (Lipinski definition) is 1. The number of aromatic amines is 1. The van der Waals surface area contributed by atoms with Gasteiger partial charge in [0.2, 0.25) is 0 Å². The van der Waals surface area contributed by atoms with Crippen molar-refractivity contribution >= 4 is 0 Å². The van der Waals surface area contributed by atoms with Gasteiger partial charge in [-0.1, -0.05) is 0 Å². The van der Waals surface area contributed by atoms with Crippen LogP contribution < -0.4 is 5.56 Å². The standard InChI is InChI=1S/C16H11FN4O/c1-10-7-12(14(9-18)16(22)20-10)13-8-11(17)3-4-15(13)21-6-2-5-19-21/h2-8H,1H3,(H,20,22). The Morgan fingerprint density at radius 2 is 2.14 bits per heavy atom. The van der Waals surface area contributed by atoms with E-state index in [9.17, 15) is 14.4 Å². The number of hydrogen-bond acceptors (Lipinski definition) is 3. The first-order chi connectivity index (χ1) is 10.6. The molecule has 0 radical (unpaired) electrons. The molecule has 2 aromatic heterocycles. The van der Waals surface area contributed by atoms with E-state index < -0.39 is 11.4 Å². The summed E-state index contributed by atoms with van der Waals surface area (Å²) in [7, 11) is 0. The molecule has 3 aromatic rings. The quantitative estimate of drug-likeness (QED) is 0.789. The Hall–Kier alpha value is -3.20. The van der Waals surface area contributed by atoms with Crippen LogP contribution in [0.3, 0.4) is 0 Å². The molecule has 5 nitrogen and oxygen atoms in total. The SMILES string of the molecule is Cc1cc(-c2cc(F)ccc2-n2cccn2)c(C#N)c(=O)[nH]1. The first-order valence-corrected chi connectivity index (χ1v) is 6.54. The first kappa shape index (κ1) is 13.8. The molecule has 0 saturated heterocycles. The van der Waals surface area contributed by atoms with Crippen molar-refractivity contribution in [1.82, 2.24) is 14.8 Å². The lowest BCUT2D eigenvalue weighted by Gasteiger charge is -2.12. The minimum absolute atomic E-state index is 0.0513. The molecular weight excluding hydrogens is 283 g/mol. The molecule has 1 N–H and O–H groups in total. The second-order valence-electron chi connectivity index (χ2n) is 4.79. The second-order valence-corrected chi connectivity index (χ2v) is 4.79. The number of H-pyrrole nitrogens is 1. The fourth-order valence-corrected chi connectivity index (χ4v) is 2.35. The largest absolute Gasteiger partial charge is 0.325 e. The summed E-state index contributed by atoms with van der Waals surface area (Å²) >= 11 is 0. The summed E-state index contributed by atoms with van der Waals surface area (Å²) in [5.41, 5.74) is 1.46. The Morgan fingerprint density at radius 1 is 1.32 bits per heavy atom. The summed E-state index contributed by atoms with van der Waals surface area (Å²) in [6.45, 7) is 1.71. The molecule has 0 aliphatic rings. The summed E-state index contributed by atoms with van der Waals surface area (Å²) < 4.78 is 15.3. The lowest BCUT2D eigenvalue weighted by molar-refractivity contribution is 0.627. The summed E-state index contributed by atoms with van der Waals surface area (Å²) in [5.74, 6) is -0.451. The zero-order chi connectivity index (χ0) is 15.7. The number of nitrogens with one attached hydrogen (secondary N) is 1. The van der Waals surface area contributed by atoms with Crippen LogP contribution in [0.25, 0.3) is 16.8 Å². The third-order valence-corrected chi connectivity index (χ3v) is 3.28. The average Bonchev–Trinajstić information content (AvgIpc) is 3.00. The molecule has 0 amide bonds. The van der Waals surface area contributed by atoms with E-state index in [1.165, 1.54) is 12.1 Å². The number of pyridine rings is 1. The highest BCUT2D eigenvalue weighted by Gasteiger charge is 2.15.